The van der Waals surface area contributed by atoms with Crippen LogP contribution < -0.4 is 0 Å². The predicted octanol–water partition coefficient (Wildman–Crippen LogP) is 6.56. The average molecular weight is 589 g/mol. The second kappa shape index (κ2) is 13.1. The van der Waals surface area contributed by atoms with Gasteiger partial charge < -0.3 is 14.7 Å². The molecule has 1 unspecified atom stereocenters. The molecule has 0 aromatic heterocycles. The first-order valence-electron chi connectivity index (χ1n) is 14.7. The Labute approximate surface area is 248 Å². The Bertz CT molecular complexity index is 1220. The summed E-state index contributed by atoms with van der Waals surface area (Å²) >= 11 is 6.15. The highest BCUT2D eigenvalue weighted by molar-refractivity contribution is 6.30. The third-order valence-corrected chi connectivity index (χ3v) is 8.94. The molecular formula is C32H43ClF2N4O2. The van der Waals surface area contributed by atoms with Crippen LogP contribution in [0.3, 0.4) is 0 Å². The van der Waals surface area contributed by atoms with Crippen molar-refractivity contribution in [2.75, 3.05) is 45.8 Å². The molecule has 2 fully saturated rings. The van der Waals surface area contributed by atoms with Gasteiger partial charge in [0.05, 0.1) is 12.0 Å². The van der Waals surface area contributed by atoms with Crippen LogP contribution >= 0.6 is 11.6 Å². The maximum absolute atomic E-state index is 15.0. The highest BCUT2D eigenvalue weighted by Gasteiger charge is 2.44. The van der Waals surface area contributed by atoms with E-state index in [1.807, 2.05) is 52.8 Å². The van der Waals surface area contributed by atoms with Gasteiger partial charge in [-0.05, 0) is 76.8 Å². The number of carbonyl (C=O) groups excluding carboxylic acids is 2. The van der Waals surface area contributed by atoms with E-state index in [1.54, 1.807) is 0 Å². The molecule has 6 nitrogen and oxygen atoms in total. The number of likely N-dealkylation sites (tertiary alicyclic amines) is 1. The number of amides is 3. The van der Waals surface area contributed by atoms with E-state index < -0.39 is 17.6 Å². The number of nitrogens with zero attached hydrogens (tertiary/aromatic N) is 4. The highest BCUT2D eigenvalue weighted by Crippen LogP contribution is 2.39. The van der Waals surface area contributed by atoms with E-state index in [2.05, 4.69) is 25.7 Å². The summed E-state index contributed by atoms with van der Waals surface area (Å²) in [6.45, 7) is 13.7. The fraction of sp³-hybridized carbons (Fsp3) is 0.562. The summed E-state index contributed by atoms with van der Waals surface area (Å²) in [5, 5.41) is 0.644. The minimum atomic E-state index is -0.628. The third-order valence-electron chi connectivity index (χ3n) is 8.69. The van der Waals surface area contributed by atoms with Crippen LogP contribution in [0.25, 0.3) is 0 Å². The van der Waals surface area contributed by atoms with Crippen molar-refractivity contribution in [1.82, 2.24) is 19.6 Å². The molecule has 2 aromatic rings. The molecule has 9 heteroatoms. The molecule has 0 spiro atoms. The molecule has 2 aliphatic rings. The Kier molecular flexibility index (Phi) is 9.96. The van der Waals surface area contributed by atoms with Gasteiger partial charge in [-0.25, -0.2) is 13.6 Å². The van der Waals surface area contributed by atoms with Gasteiger partial charge in [-0.1, -0.05) is 29.8 Å². The van der Waals surface area contributed by atoms with Crippen LogP contribution in [-0.4, -0.2) is 82.9 Å². The number of hydrogen-bond donors (Lipinski definition) is 0. The van der Waals surface area contributed by atoms with Crippen molar-refractivity contribution in [3.05, 3.63) is 70.2 Å². The monoisotopic (exact) mass is 588 g/mol. The Morgan fingerprint density at radius 3 is 2.27 bits per heavy atom. The summed E-state index contributed by atoms with van der Waals surface area (Å²) in [7, 11) is 0. The van der Waals surface area contributed by atoms with Crippen molar-refractivity contribution in [2.45, 2.75) is 65.0 Å². The lowest BCUT2D eigenvalue weighted by Crippen LogP contribution is -2.51. The number of urea groups is 1. The molecule has 224 valence electrons. The summed E-state index contributed by atoms with van der Waals surface area (Å²) in [5.74, 6) is -2.13. The zero-order valence-corrected chi connectivity index (χ0v) is 25.6. The quantitative estimate of drug-likeness (QED) is 0.397. The first kappa shape index (κ1) is 31.2. The molecule has 0 N–H and O–H groups in total. The molecule has 2 aromatic carbocycles. The van der Waals surface area contributed by atoms with E-state index in [-0.39, 0.29) is 29.4 Å². The normalized spacial score (nSPS) is 22.4. The second-order valence-corrected chi connectivity index (χ2v) is 12.6. The van der Waals surface area contributed by atoms with E-state index in [4.69, 9.17) is 11.6 Å². The molecule has 3 atom stereocenters. The zero-order valence-electron chi connectivity index (χ0n) is 24.9. The fourth-order valence-corrected chi connectivity index (χ4v) is 6.36. The molecule has 0 bridgehead atoms. The topological polar surface area (TPSA) is 47.1 Å². The lowest BCUT2D eigenvalue weighted by Gasteiger charge is -2.40. The maximum Gasteiger partial charge on any atom is 0.320 e. The van der Waals surface area contributed by atoms with E-state index in [0.29, 0.717) is 69.2 Å². The summed E-state index contributed by atoms with van der Waals surface area (Å²) in [6, 6.07) is 11.1. The minimum absolute atomic E-state index is 0.0364. The second-order valence-electron chi connectivity index (χ2n) is 12.1. The first-order valence-corrected chi connectivity index (χ1v) is 15.1. The molecule has 0 aliphatic carbocycles. The highest BCUT2D eigenvalue weighted by atomic mass is 35.5. The van der Waals surface area contributed by atoms with Crippen molar-refractivity contribution in [3.63, 3.8) is 0 Å². The van der Waals surface area contributed by atoms with Crippen molar-refractivity contribution >= 4 is 23.5 Å². The van der Waals surface area contributed by atoms with Crippen LogP contribution in [0.4, 0.5) is 13.6 Å². The van der Waals surface area contributed by atoms with Crippen LogP contribution in [0.2, 0.25) is 5.02 Å². The smallest absolute Gasteiger partial charge is 0.320 e. The van der Waals surface area contributed by atoms with Crippen molar-refractivity contribution < 1.29 is 18.4 Å². The van der Waals surface area contributed by atoms with Crippen LogP contribution in [0.15, 0.2) is 42.5 Å². The average Bonchev–Trinajstić information content (AvgIpc) is 3.36. The minimum Gasteiger partial charge on any atom is -0.341 e. The largest absolute Gasteiger partial charge is 0.341 e. The maximum atomic E-state index is 15.0. The number of hydrogen-bond acceptors (Lipinski definition) is 3. The summed E-state index contributed by atoms with van der Waals surface area (Å²) in [6.07, 6.45) is 1.42. The number of halogens is 3. The Morgan fingerprint density at radius 2 is 1.66 bits per heavy atom. The van der Waals surface area contributed by atoms with Gasteiger partial charge in [0, 0.05) is 68.4 Å². The molecule has 2 aliphatic heterocycles. The lowest BCUT2D eigenvalue weighted by atomic mass is 9.87. The van der Waals surface area contributed by atoms with Crippen molar-refractivity contribution in [3.8, 4) is 0 Å². The fourth-order valence-electron chi connectivity index (χ4n) is 6.24. The van der Waals surface area contributed by atoms with E-state index in [9.17, 15) is 18.4 Å². The van der Waals surface area contributed by atoms with E-state index >= 15 is 0 Å². The molecule has 2 heterocycles. The first-order chi connectivity index (χ1) is 19.4. The number of benzene rings is 2. The lowest BCUT2D eigenvalue weighted by molar-refractivity contribution is -0.136. The third kappa shape index (κ3) is 7.03. The summed E-state index contributed by atoms with van der Waals surface area (Å²) in [5.41, 5.74) is 1.20. The van der Waals surface area contributed by atoms with Crippen molar-refractivity contribution in [2.24, 2.45) is 5.92 Å². The van der Waals surface area contributed by atoms with Gasteiger partial charge in [-0.2, -0.15) is 0 Å². The summed E-state index contributed by atoms with van der Waals surface area (Å²) < 4.78 is 28.7. The van der Waals surface area contributed by atoms with Gasteiger partial charge in [0.2, 0.25) is 5.91 Å². The Balaban J connectivity index is 1.60. The molecule has 0 saturated carbocycles. The van der Waals surface area contributed by atoms with Gasteiger partial charge in [0.15, 0.2) is 0 Å². The molecule has 0 radical (unpaired) electrons. The number of rotatable bonds is 5. The molecular weight excluding hydrogens is 546 g/mol. The van der Waals surface area contributed by atoms with Gasteiger partial charge >= 0.3 is 6.03 Å². The summed E-state index contributed by atoms with van der Waals surface area (Å²) in [4.78, 5) is 35.7. The van der Waals surface area contributed by atoms with Gasteiger partial charge in [0.1, 0.15) is 11.6 Å². The Morgan fingerprint density at radius 1 is 0.976 bits per heavy atom. The Hall–Kier alpha value is -2.71. The standard InChI is InChI=1S/C32H43ClF2N4O2/c1-6-36(7-2)31(41)39-18-17-37(16-8-9-29(39)22-10-12-23(33)13-11-22)30(40)27-21-38(32(3,4)5)20-26(27)25-15-14-24(34)19-28(25)35/h10-15,19,26-27,29H,6-9,16-18,20-21H2,1-5H3/t26-,27?,29-/m0/s1. The van der Waals surface area contributed by atoms with Crippen LogP contribution in [-0.2, 0) is 4.79 Å². The van der Waals surface area contributed by atoms with Crippen LogP contribution in [0.5, 0.6) is 0 Å². The number of carbonyl (C=O) groups is 2. The van der Waals surface area contributed by atoms with Crippen LogP contribution in [0.1, 0.15) is 70.5 Å². The molecule has 3 amide bonds. The molecule has 4 rings (SSSR count). The SMILES string of the molecule is CCN(CC)C(=O)N1CCN(C(=O)C2CN(C(C)(C)C)C[C@H]2c2ccc(F)cc2F)CCC[C@H]1c1ccc(Cl)cc1. The zero-order chi connectivity index (χ0) is 29.9. The predicted molar refractivity (Wildman–Crippen MR) is 159 cm³/mol. The van der Waals surface area contributed by atoms with Gasteiger partial charge in [-0.3, -0.25) is 9.69 Å². The van der Waals surface area contributed by atoms with Crippen molar-refractivity contribution in [1.29, 1.82) is 0 Å². The van der Waals surface area contributed by atoms with E-state index in [0.717, 1.165) is 11.6 Å². The van der Waals surface area contributed by atoms with Gasteiger partial charge in [-0.15, -0.1) is 0 Å². The molecule has 41 heavy (non-hydrogen) atoms. The van der Waals surface area contributed by atoms with Gasteiger partial charge in [0.25, 0.3) is 0 Å². The van der Waals surface area contributed by atoms with E-state index in [1.165, 1.54) is 12.1 Å². The molecule has 2 saturated heterocycles. The van der Waals surface area contributed by atoms with Crippen LogP contribution in [0, 0.1) is 17.6 Å².